The van der Waals surface area contributed by atoms with Crippen LogP contribution in [0.15, 0.2) is 22.7 Å². The predicted octanol–water partition coefficient (Wildman–Crippen LogP) is 4.97. The summed E-state index contributed by atoms with van der Waals surface area (Å²) in [5.41, 5.74) is 1.33. The number of hydrogen-bond acceptors (Lipinski definition) is 2. The van der Waals surface area contributed by atoms with Crippen molar-refractivity contribution in [1.29, 1.82) is 0 Å². The summed E-state index contributed by atoms with van der Waals surface area (Å²) in [5.74, 6) is -0.146. The molecule has 0 saturated carbocycles. The summed E-state index contributed by atoms with van der Waals surface area (Å²) < 4.78 is 27.9. The number of halogens is 3. The molecule has 112 valence electrons. The van der Waals surface area contributed by atoms with Crippen LogP contribution in [0.4, 0.5) is 8.78 Å². The van der Waals surface area contributed by atoms with Crippen LogP contribution < -0.4 is 0 Å². The van der Waals surface area contributed by atoms with Crippen LogP contribution in [-0.2, 0) is 12.8 Å². The summed E-state index contributed by atoms with van der Waals surface area (Å²) in [7, 11) is 0. The molecule has 21 heavy (non-hydrogen) atoms. The first-order chi connectivity index (χ1) is 9.86. The lowest BCUT2D eigenvalue weighted by Gasteiger charge is -2.11. The monoisotopic (exact) mass is 372 g/mol. The van der Waals surface area contributed by atoms with Crippen molar-refractivity contribution in [3.63, 3.8) is 0 Å². The molecule has 1 heterocycles. The molecule has 2 nitrogen and oxygen atoms in total. The summed E-state index contributed by atoms with van der Waals surface area (Å²) in [6.07, 6.45) is 1.06. The molecule has 1 aromatic carbocycles. The van der Waals surface area contributed by atoms with E-state index in [4.69, 9.17) is 12.2 Å². The van der Waals surface area contributed by atoms with Crippen molar-refractivity contribution < 1.29 is 8.78 Å². The average molecular weight is 373 g/mol. The third-order valence-corrected chi connectivity index (χ3v) is 4.38. The van der Waals surface area contributed by atoms with Crippen LogP contribution in [0.1, 0.15) is 30.9 Å². The van der Waals surface area contributed by atoms with E-state index < -0.39 is 11.6 Å². The number of rotatable bonds is 4. The molecule has 2 aromatic rings. The Balaban J connectivity index is 2.36. The highest BCUT2D eigenvalue weighted by molar-refractivity contribution is 9.10. The molecule has 0 spiro atoms. The van der Waals surface area contributed by atoms with Crippen LogP contribution in [-0.4, -0.2) is 9.97 Å². The van der Waals surface area contributed by atoms with Gasteiger partial charge < -0.3 is 4.98 Å². The Bertz CT molecular complexity index is 713. The molecule has 0 saturated heterocycles. The van der Waals surface area contributed by atoms with Crippen LogP contribution in [0.25, 0.3) is 0 Å². The number of hydrogen-bond donors (Lipinski definition) is 1. The van der Waals surface area contributed by atoms with Gasteiger partial charge >= 0.3 is 0 Å². The SMILES string of the molecule is CC(C)Cc1[nH]c(Cc2ccc(F)cc2F)nc(=S)c1Br. The zero-order chi connectivity index (χ0) is 15.6. The molecule has 0 aliphatic carbocycles. The van der Waals surface area contributed by atoms with Gasteiger partial charge in [0.1, 0.15) is 22.1 Å². The van der Waals surface area contributed by atoms with E-state index in [1.54, 1.807) is 0 Å². The fourth-order valence-electron chi connectivity index (χ4n) is 2.04. The van der Waals surface area contributed by atoms with Crippen molar-refractivity contribution >= 4 is 28.1 Å². The van der Waals surface area contributed by atoms with E-state index in [2.05, 4.69) is 39.7 Å². The van der Waals surface area contributed by atoms with Gasteiger partial charge in [0.05, 0.1) is 4.47 Å². The molecule has 0 aliphatic heterocycles. The van der Waals surface area contributed by atoms with E-state index in [0.29, 0.717) is 21.9 Å². The zero-order valence-electron chi connectivity index (χ0n) is 11.7. The van der Waals surface area contributed by atoms with Gasteiger partial charge in [0.2, 0.25) is 0 Å². The second-order valence-electron chi connectivity index (χ2n) is 5.29. The molecule has 6 heteroatoms. The van der Waals surface area contributed by atoms with Gasteiger partial charge in [0.15, 0.2) is 0 Å². The van der Waals surface area contributed by atoms with Crippen LogP contribution >= 0.6 is 28.1 Å². The van der Waals surface area contributed by atoms with E-state index in [1.807, 2.05) is 0 Å². The van der Waals surface area contributed by atoms with Gasteiger partial charge in [-0.25, -0.2) is 13.8 Å². The number of H-pyrrole nitrogens is 1. The number of nitrogens with zero attached hydrogens (tertiary/aromatic N) is 1. The lowest BCUT2D eigenvalue weighted by molar-refractivity contribution is 0.573. The van der Waals surface area contributed by atoms with Crippen molar-refractivity contribution in [2.24, 2.45) is 5.92 Å². The topological polar surface area (TPSA) is 28.7 Å². The third-order valence-electron chi connectivity index (χ3n) is 2.97. The van der Waals surface area contributed by atoms with Crippen molar-refractivity contribution in [2.75, 3.05) is 0 Å². The summed E-state index contributed by atoms with van der Waals surface area (Å²) in [6.45, 7) is 4.20. The van der Waals surface area contributed by atoms with Gasteiger partial charge in [-0.2, -0.15) is 0 Å². The second kappa shape index (κ2) is 6.75. The van der Waals surface area contributed by atoms with Gasteiger partial charge in [-0.05, 0) is 39.9 Å². The van der Waals surface area contributed by atoms with Gasteiger partial charge in [-0.1, -0.05) is 32.1 Å². The van der Waals surface area contributed by atoms with Crippen LogP contribution in [0, 0.1) is 22.2 Å². The fourth-order valence-corrected chi connectivity index (χ4v) is 2.62. The quantitative estimate of drug-likeness (QED) is 0.767. The highest BCUT2D eigenvalue weighted by Gasteiger charge is 2.11. The lowest BCUT2D eigenvalue weighted by Crippen LogP contribution is -2.06. The minimum atomic E-state index is -0.589. The van der Waals surface area contributed by atoms with E-state index in [1.165, 1.54) is 12.1 Å². The minimum Gasteiger partial charge on any atom is -0.346 e. The first-order valence-electron chi connectivity index (χ1n) is 6.58. The molecular formula is C15H15BrF2N2S. The van der Waals surface area contributed by atoms with Crippen LogP contribution in [0.2, 0.25) is 0 Å². The minimum absolute atomic E-state index is 0.244. The maximum atomic E-state index is 13.7. The van der Waals surface area contributed by atoms with E-state index in [9.17, 15) is 8.78 Å². The molecular weight excluding hydrogens is 358 g/mol. The number of aromatic nitrogens is 2. The van der Waals surface area contributed by atoms with Gasteiger partial charge in [-0.3, -0.25) is 0 Å². The van der Waals surface area contributed by atoms with Crippen molar-refractivity contribution in [3.05, 3.63) is 56.0 Å². The van der Waals surface area contributed by atoms with Crippen molar-refractivity contribution in [3.8, 4) is 0 Å². The Hall–Kier alpha value is -1.14. The highest BCUT2D eigenvalue weighted by atomic mass is 79.9. The molecule has 0 aliphatic rings. The molecule has 2 rings (SSSR count). The average Bonchev–Trinajstić information content (AvgIpc) is 2.38. The van der Waals surface area contributed by atoms with Crippen molar-refractivity contribution in [1.82, 2.24) is 9.97 Å². The summed E-state index contributed by atoms with van der Waals surface area (Å²) in [6, 6.07) is 3.53. The summed E-state index contributed by atoms with van der Waals surface area (Å²) >= 11 is 8.65. The highest BCUT2D eigenvalue weighted by Crippen LogP contribution is 2.20. The molecule has 0 amide bonds. The Kier molecular flexibility index (Phi) is 5.22. The first-order valence-corrected chi connectivity index (χ1v) is 7.78. The van der Waals surface area contributed by atoms with Crippen LogP contribution in [0.3, 0.4) is 0 Å². The maximum absolute atomic E-state index is 13.7. The zero-order valence-corrected chi connectivity index (χ0v) is 14.1. The standard InChI is InChI=1S/C15H15BrF2N2S/c1-8(2)5-12-14(16)15(21)20-13(19-12)6-9-3-4-10(17)7-11(9)18/h3-4,7-8H,5-6H2,1-2H3,(H,19,20,21). The van der Waals surface area contributed by atoms with E-state index >= 15 is 0 Å². The maximum Gasteiger partial charge on any atom is 0.144 e. The normalized spacial score (nSPS) is 11.1. The molecule has 0 atom stereocenters. The molecule has 1 aromatic heterocycles. The third kappa shape index (κ3) is 4.17. The predicted molar refractivity (Wildman–Crippen MR) is 84.8 cm³/mol. The van der Waals surface area contributed by atoms with Gasteiger partial charge in [-0.15, -0.1) is 0 Å². The molecule has 0 fully saturated rings. The Morgan fingerprint density at radius 1 is 1.33 bits per heavy atom. The Labute approximate surface area is 135 Å². The Morgan fingerprint density at radius 3 is 2.67 bits per heavy atom. The van der Waals surface area contributed by atoms with Crippen molar-refractivity contribution in [2.45, 2.75) is 26.7 Å². The van der Waals surface area contributed by atoms with Gasteiger partial charge in [0, 0.05) is 18.2 Å². The fraction of sp³-hybridized carbons (Fsp3) is 0.333. The summed E-state index contributed by atoms with van der Waals surface area (Å²) in [5, 5.41) is 0. The first kappa shape index (κ1) is 16.2. The molecule has 0 radical (unpaired) electrons. The molecule has 0 unspecified atom stereocenters. The molecule has 1 N–H and O–H groups in total. The molecule has 0 bridgehead atoms. The Morgan fingerprint density at radius 2 is 2.05 bits per heavy atom. The summed E-state index contributed by atoms with van der Waals surface area (Å²) in [4.78, 5) is 7.44. The lowest BCUT2D eigenvalue weighted by atomic mass is 10.1. The van der Waals surface area contributed by atoms with Gasteiger partial charge in [0.25, 0.3) is 0 Å². The number of aromatic amines is 1. The smallest absolute Gasteiger partial charge is 0.144 e. The largest absolute Gasteiger partial charge is 0.346 e. The van der Waals surface area contributed by atoms with E-state index in [0.717, 1.165) is 22.7 Å². The number of benzene rings is 1. The van der Waals surface area contributed by atoms with Crippen LogP contribution in [0.5, 0.6) is 0 Å². The van der Waals surface area contributed by atoms with E-state index in [-0.39, 0.29) is 6.42 Å². The second-order valence-corrected chi connectivity index (χ2v) is 6.47. The number of nitrogens with one attached hydrogen (secondary N) is 1.